The molecule has 0 amide bonds. The molecule has 0 N–H and O–H groups in total. The van der Waals surface area contributed by atoms with E-state index in [9.17, 15) is 8.42 Å². The van der Waals surface area contributed by atoms with Crippen LogP contribution in [0.25, 0.3) is 11.0 Å². The molecule has 0 spiro atoms. The number of hydrogen-bond donors (Lipinski definition) is 0. The smallest absolute Gasteiger partial charge is 0.243 e. The van der Waals surface area contributed by atoms with Crippen molar-refractivity contribution >= 4 is 26.7 Å². The van der Waals surface area contributed by atoms with Crippen LogP contribution in [0.15, 0.2) is 47.4 Å². The van der Waals surface area contributed by atoms with E-state index in [4.69, 9.17) is 9.72 Å². The molecule has 0 atom stereocenters. The number of para-hydroxylation sites is 2. The summed E-state index contributed by atoms with van der Waals surface area (Å²) < 4.78 is 35.7. The number of nitrogens with zero attached hydrogens (tertiary/aromatic N) is 5. The molecule has 188 valence electrons. The number of aryl methyl sites for hydroxylation is 1. The Balaban J connectivity index is 1.32. The molecule has 0 aliphatic carbocycles. The topological polar surface area (TPSA) is 70.9 Å². The molecule has 1 aromatic heterocycles. The fourth-order valence-electron chi connectivity index (χ4n) is 5.29. The fraction of sp³-hybridized carbons (Fsp3) is 0.500. The van der Waals surface area contributed by atoms with Crippen LogP contribution >= 0.6 is 0 Å². The zero-order valence-corrected chi connectivity index (χ0v) is 21.5. The second-order valence-corrected chi connectivity index (χ2v) is 11.3. The first-order valence-electron chi connectivity index (χ1n) is 12.6. The van der Waals surface area contributed by atoms with Gasteiger partial charge in [-0.15, -0.1) is 0 Å². The predicted octanol–water partition coefficient (Wildman–Crippen LogP) is 3.56. The lowest BCUT2D eigenvalue weighted by Crippen LogP contribution is -2.46. The zero-order valence-electron chi connectivity index (χ0n) is 20.7. The van der Waals surface area contributed by atoms with Gasteiger partial charge < -0.3 is 14.2 Å². The van der Waals surface area contributed by atoms with Crippen LogP contribution in [-0.2, 0) is 23.1 Å². The van der Waals surface area contributed by atoms with E-state index in [1.807, 2.05) is 24.3 Å². The minimum Gasteiger partial charge on any atom is -0.495 e. The number of anilines is 1. The Morgan fingerprint density at radius 3 is 2.40 bits per heavy atom. The average molecular weight is 498 g/mol. The molecule has 0 radical (unpaired) electrons. The first-order valence-corrected chi connectivity index (χ1v) is 14.0. The van der Waals surface area contributed by atoms with E-state index in [0.29, 0.717) is 18.0 Å². The van der Waals surface area contributed by atoms with Gasteiger partial charge in [0, 0.05) is 45.8 Å². The van der Waals surface area contributed by atoms with Gasteiger partial charge in [0.15, 0.2) is 0 Å². The summed E-state index contributed by atoms with van der Waals surface area (Å²) in [5.74, 6) is 1.89. The molecule has 0 unspecified atom stereocenters. The number of imidazole rings is 1. The third-order valence-electron chi connectivity index (χ3n) is 7.23. The maximum absolute atomic E-state index is 13.2. The van der Waals surface area contributed by atoms with Gasteiger partial charge in [-0.3, -0.25) is 4.90 Å². The molecule has 8 nitrogen and oxygen atoms in total. The van der Waals surface area contributed by atoms with Gasteiger partial charge >= 0.3 is 0 Å². The number of rotatable bonds is 7. The SMILES string of the molecule is CCn1c(CN2CCN(c3ccccc3OC)CC2)nc2cc(S(=O)(=O)N3CCCCC3)ccc21. The minimum atomic E-state index is -3.47. The molecule has 2 saturated heterocycles. The Bertz CT molecular complexity index is 1280. The van der Waals surface area contributed by atoms with E-state index in [-0.39, 0.29) is 0 Å². The molecule has 2 aromatic carbocycles. The second kappa shape index (κ2) is 10.2. The molecule has 35 heavy (non-hydrogen) atoms. The number of benzene rings is 2. The van der Waals surface area contributed by atoms with Crippen LogP contribution in [0.3, 0.4) is 0 Å². The van der Waals surface area contributed by atoms with Crippen LogP contribution in [-0.4, -0.2) is 73.6 Å². The standard InChI is InChI=1S/C26H35N5O3S/c1-3-31-23-12-11-21(35(32,33)30-13-7-4-8-14-30)19-22(23)27-26(31)20-28-15-17-29(18-16-28)24-9-5-6-10-25(24)34-2/h5-6,9-12,19H,3-4,7-8,13-18,20H2,1-2H3. The molecule has 2 fully saturated rings. The van der Waals surface area contributed by atoms with E-state index < -0.39 is 10.0 Å². The maximum atomic E-state index is 13.2. The van der Waals surface area contributed by atoms with Crippen molar-refractivity contribution in [2.45, 2.75) is 44.2 Å². The minimum absolute atomic E-state index is 0.352. The highest BCUT2D eigenvalue weighted by Gasteiger charge is 2.27. The van der Waals surface area contributed by atoms with Crippen molar-refractivity contribution in [3.63, 3.8) is 0 Å². The third kappa shape index (κ3) is 4.77. The molecule has 9 heteroatoms. The van der Waals surface area contributed by atoms with Crippen LogP contribution < -0.4 is 9.64 Å². The van der Waals surface area contributed by atoms with Crippen LogP contribution in [0.4, 0.5) is 5.69 Å². The van der Waals surface area contributed by atoms with Crippen molar-refractivity contribution in [2.24, 2.45) is 0 Å². The number of methoxy groups -OCH3 is 1. The summed E-state index contributed by atoms with van der Waals surface area (Å²) in [6, 6.07) is 13.6. The Kier molecular flexibility index (Phi) is 7.00. The Morgan fingerprint density at radius 1 is 0.943 bits per heavy atom. The van der Waals surface area contributed by atoms with Gasteiger partial charge in [-0.25, -0.2) is 13.4 Å². The van der Waals surface area contributed by atoms with Gasteiger partial charge in [-0.05, 0) is 50.1 Å². The molecular formula is C26H35N5O3S. The summed E-state index contributed by atoms with van der Waals surface area (Å²) in [7, 11) is -1.76. The van der Waals surface area contributed by atoms with Crippen molar-refractivity contribution in [1.82, 2.24) is 18.8 Å². The van der Waals surface area contributed by atoms with Crippen molar-refractivity contribution in [1.29, 1.82) is 0 Å². The van der Waals surface area contributed by atoms with Gasteiger partial charge in [-0.2, -0.15) is 4.31 Å². The van der Waals surface area contributed by atoms with Gasteiger partial charge in [0.1, 0.15) is 11.6 Å². The van der Waals surface area contributed by atoms with Gasteiger partial charge in [0.25, 0.3) is 0 Å². The molecule has 2 aliphatic rings. The first-order chi connectivity index (χ1) is 17.0. The zero-order chi connectivity index (χ0) is 24.4. The highest BCUT2D eigenvalue weighted by molar-refractivity contribution is 7.89. The molecule has 2 aliphatic heterocycles. The number of ether oxygens (including phenoxy) is 1. The quantitative estimate of drug-likeness (QED) is 0.497. The summed E-state index contributed by atoms with van der Waals surface area (Å²) in [6.45, 7) is 8.57. The second-order valence-electron chi connectivity index (χ2n) is 9.32. The maximum Gasteiger partial charge on any atom is 0.243 e. The summed E-state index contributed by atoms with van der Waals surface area (Å²) in [5, 5.41) is 0. The lowest BCUT2D eigenvalue weighted by Gasteiger charge is -2.36. The van der Waals surface area contributed by atoms with Crippen molar-refractivity contribution < 1.29 is 13.2 Å². The Hall–Kier alpha value is -2.62. The first kappa shape index (κ1) is 24.1. The number of sulfonamides is 1. The van der Waals surface area contributed by atoms with Crippen molar-refractivity contribution in [3.8, 4) is 5.75 Å². The number of hydrogen-bond acceptors (Lipinski definition) is 6. The molecule has 0 bridgehead atoms. The molecule has 3 heterocycles. The Labute approximate surface area is 208 Å². The van der Waals surface area contributed by atoms with Gasteiger partial charge in [0.05, 0.1) is 35.3 Å². The summed E-state index contributed by atoms with van der Waals surface area (Å²) in [6.07, 6.45) is 2.96. The monoisotopic (exact) mass is 497 g/mol. The number of aromatic nitrogens is 2. The van der Waals surface area contributed by atoms with Crippen molar-refractivity contribution in [2.75, 3.05) is 51.3 Å². The summed E-state index contributed by atoms with van der Waals surface area (Å²) >= 11 is 0. The highest BCUT2D eigenvalue weighted by Crippen LogP contribution is 2.29. The van der Waals surface area contributed by atoms with Gasteiger partial charge in [0.2, 0.25) is 10.0 Å². The molecular weight excluding hydrogens is 462 g/mol. The highest BCUT2D eigenvalue weighted by atomic mass is 32.2. The van der Waals surface area contributed by atoms with Gasteiger partial charge in [-0.1, -0.05) is 18.6 Å². The fourth-order valence-corrected chi connectivity index (χ4v) is 6.82. The lowest BCUT2D eigenvalue weighted by atomic mass is 10.2. The summed E-state index contributed by atoms with van der Waals surface area (Å²) in [5.41, 5.74) is 2.89. The number of piperazine rings is 1. The van der Waals surface area contributed by atoms with E-state index in [2.05, 4.69) is 27.4 Å². The summed E-state index contributed by atoms with van der Waals surface area (Å²) in [4.78, 5) is 10.0. The lowest BCUT2D eigenvalue weighted by molar-refractivity contribution is 0.240. The van der Waals surface area contributed by atoms with Crippen LogP contribution in [0, 0.1) is 0 Å². The van der Waals surface area contributed by atoms with E-state index in [0.717, 1.165) is 86.8 Å². The molecule has 0 saturated carbocycles. The molecule has 3 aromatic rings. The van der Waals surface area contributed by atoms with Crippen LogP contribution in [0.5, 0.6) is 5.75 Å². The van der Waals surface area contributed by atoms with E-state index >= 15 is 0 Å². The van der Waals surface area contributed by atoms with Crippen molar-refractivity contribution in [3.05, 3.63) is 48.3 Å². The van der Waals surface area contributed by atoms with E-state index in [1.54, 1.807) is 23.5 Å². The number of piperidine rings is 1. The van der Waals surface area contributed by atoms with Crippen LogP contribution in [0.2, 0.25) is 0 Å². The third-order valence-corrected chi connectivity index (χ3v) is 9.13. The number of fused-ring (bicyclic) bond motifs is 1. The predicted molar refractivity (Wildman–Crippen MR) is 139 cm³/mol. The normalized spacial score (nSPS) is 18.3. The Morgan fingerprint density at radius 2 is 1.69 bits per heavy atom. The van der Waals surface area contributed by atoms with Crippen LogP contribution in [0.1, 0.15) is 32.0 Å². The largest absolute Gasteiger partial charge is 0.495 e. The van der Waals surface area contributed by atoms with E-state index in [1.165, 1.54) is 0 Å². The molecule has 5 rings (SSSR count). The average Bonchev–Trinajstić information content (AvgIpc) is 3.25.